The fraction of sp³-hybridized carbons (Fsp3) is 0.174. The lowest BCUT2D eigenvalue weighted by atomic mass is 10.0. The lowest BCUT2D eigenvalue weighted by molar-refractivity contribution is 0.102. The van der Waals surface area contributed by atoms with Gasteiger partial charge in [-0.2, -0.15) is 0 Å². The zero-order chi connectivity index (χ0) is 21.9. The molecule has 0 aliphatic rings. The van der Waals surface area contributed by atoms with Crippen molar-refractivity contribution in [2.24, 2.45) is 0 Å². The lowest BCUT2D eigenvalue weighted by Crippen LogP contribution is -2.17. The molecule has 3 aromatic carbocycles. The Bertz CT molecular complexity index is 1200. The van der Waals surface area contributed by atoms with Crippen LogP contribution < -0.4 is 14.8 Å². The first-order valence-electron chi connectivity index (χ1n) is 9.37. The summed E-state index contributed by atoms with van der Waals surface area (Å²) in [4.78, 5) is 12.8. The Kier molecular flexibility index (Phi) is 6.12. The van der Waals surface area contributed by atoms with Crippen LogP contribution in [0, 0.1) is 20.8 Å². The summed E-state index contributed by atoms with van der Waals surface area (Å²) in [6.45, 7) is 5.52. The highest BCUT2D eigenvalue weighted by atomic mass is 32.2. The quantitative estimate of drug-likeness (QED) is 0.602. The Morgan fingerprint density at radius 3 is 2.37 bits per heavy atom. The molecule has 2 N–H and O–H groups in total. The number of amides is 1. The van der Waals surface area contributed by atoms with Crippen LogP contribution in [0.15, 0.2) is 65.6 Å². The van der Waals surface area contributed by atoms with E-state index in [1.807, 2.05) is 26.0 Å². The van der Waals surface area contributed by atoms with E-state index in [0.717, 1.165) is 11.1 Å². The van der Waals surface area contributed by atoms with Crippen molar-refractivity contribution < 1.29 is 17.9 Å². The number of hydrogen-bond donors (Lipinski definition) is 2. The van der Waals surface area contributed by atoms with E-state index in [0.29, 0.717) is 28.3 Å². The zero-order valence-electron chi connectivity index (χ0n) is 17.3. The fourth-order valence-electron chi connectivity index (χ4n) is 3.09. The number of benzene rings is 3. The monoisotopic (exact) mass is 424 g/mol. The number of methoxy groups -OCH3 is 1. The first-order chi connectivity index (χ1) is 14.2. The Balaban J connectivity index is 1.91. The number of carbonyl (C=O) groups excluding carboxylic acids is 1. The normalized spacial score (nSPS) is 11.1. The maximum atomic E-state index is 13.0. The van der Waals surface area contributed by atoms with Gasteiger partial charge in [-0.25, -0.2) is 8.42 Å². The van der Waals surface area contributed by atoms with E-state index in [1.54, 1.807) is 49.4 Å². The van der Waals surface area contributed by atoms with Crippen LogP contribution >= 0.6 is 0 Å². The second kappa shape index (κ2) is 8.59. The van der Waals surface area contributed by atoms with Crippen LogP contribution in [-0.4, -0.2) is 21.4 Å². The van der Waals surface area contributed by atoms with Crippen LogP contribution in [0.4, 0.5) is 11.4 Å². The molecule has 0 radical (unpaired) electrons. The Morgan fingerprint density at radius 2 is 1.63 bits per heavy atom. The molecule has 0 aliphatic carbocycles. The highest BCUT2D eigenvalue weighted by Gasteiger charge is 2.20. The molecule has 0 saturated heterocycles. The molecule has 0 saturated carbocycles. The van der Waals surface area contributed by atoms with Gasteiger partial charge in [0, 0.05) is 11.3 Å². The minimum atomic E-state index is -3.90. The van der Waals surface area contributed by atoms with Crippen molar-refractivity contribution in [3.63, 3.8) is 0 Å². The molecule has 30 heavy (non-hydrogen) atoms. The van der Waals surface area contributed by atoms with Crippen molar-refractivity contribution in [3.8, 4) is 5.75 Å². The van der Waals surface area contributed by atoms with E-state index in [1.165, 1.54) is 13.2 Å². The van der Waals surface area contributed by atoms with Gasteiger partial charge >= 0.3 is 0 Å². The molecular formula is C23H24N2O4S. The van der Waals surface area contributed by atoms with E-state index in [-0.39, 0.29) is 10.8 Å². The highest BCUT2D eigenvalue weighted by Crippen LogP contribution is 2.28. The SMILES string of the molecule is COc1ccccc1NS(=O)(=O)c1cc(NC(=O)c2cccc(C)c2C)ccc1C. The van der Waals surface area contributed by atoms with Gasteiger partial charge in [0.2, 0.25) is 0 Å². The van der Waals surface area contributed by atoms with E-state index < -0.39 is 10.0 Å². The summed E-state index contributed by atoms with van der Waals surface area (Å²) in [5.74, 6) is 0.124. The van der Waals surface area contributed by atoms with Gasteiger partial charge in [0.1, 0.15) is 5.75 Å². The third-order valence-electron chi connectivity index (χ3n) is 4.94. The first kappa shape index (κ1) is 21.4. The van der Waals surface area contributed by atoms with Gasteiger partial charge in [-0.1, -0.05) is 30.3 Å². The van der Waals surface area contributed by atoms with Crippen molar-refractivity contribution >= 4 is 27.3 Å². The highest BCUT2D eigenvalue weighted by molar-refractivity contribution is 7.92. The topological polar surface area (TPSA) is 84.5 Å². The molecule has 0 spiro atoms. The lowest BCUT2D eigenvalue weighted by Gasteiger charge is -2.15. The molecule has 3 rings (SSSR count). The summed E-state index contributed by atoms with van der Waals surface area (Å²) in [5.41, 5.74) is 3.73. The van der Waals surface area contributed by atoms with Gasteiger partial charge in [0.15, 0.2) is 0 Å². The number of hydrogen-bond acceptors (Lipinski definition) is 4. The maximum absolute atomic E-state index is 13.0. The summed E-state index contributed by atoms with van der Waals surface area (Å²) < 4.78 is 33.8. The van der Waals surface area contributed by atoms with Crippen LogP contribution in [0.2, 0.25) is 0 Å². The smallest absolute Gasteiger partial charge is 0.262 e. The molecule has 0 fully saturated rings. The fourth-order valence-corrected chi connectivity index (χ4v) is 4.43. The third kappa shape index (κ3) is 4.46. The van der Waals surface area contributed by atoms with E-state index in [4.69, 9.17) is 4.74 Å². The number of nitrogens with one attached hydrogen (secondary N) is 2. The summed E-state index contributed by atoms with van der Waals surface area (Å²) in [6, 6.07) is 17.1. The minimum absolute atomic E-state index is 0.0761. The Morgan fingerprint density at radius 1 is 0.900 bits per heavy atom. The van der Waals surface area contributed by atoms with Gasteiger partial charge < -0.3 is 10.1 Å². The maximum Gasteiger partial charge on any atom is 0.262 e. The van der Waals surface area contributed by atoms with Crippen molar-refractivity contribution in [3.05, 3.63) is 82.9 Å². The van der Waals surface area contributed by atoms with E-state index in [9.17, 15) is 13.2 Å². The summed E-state index contributed by atoms with van der Waals surface area (Å²) in [7, 11) is -2.42. The Labute approximate surface area is 177 Å². The molecule has 7 heteroatoms. The van der Waals surface area contributed by atoms with Crippen molar-refractivity contribution in [2.75, 3.05) is 17.1 Å². The molecule has 1 amide bonds. The molecule has 0 bridgehead atoms. The summed E-state index contributed by atoms with van der Waals surface area (Å²) in [5, 5.41) is 2.80. The molecule has 0 heterocycles. The number of rotatable bonds is 6. The van der Waals surface area contributed by atoms with Gasteiger partial charge in [-0.05, 0) is 67.8 Å². The van der Waals surface area contributed by atoms with Crippen LogP contribution in [0.25, 0.3) is 0 Å². The average Bonchev–Trinajstić information content (AvgIpc) is 2.71. The molecule has 0 atom stereocenters. The zero-order valence-corrected chi connectivity index (χ0v) is 18.1. The molecule has 0 aromatic heterocycles. The first-order valence-corrected chi connectivity index (χ1v) is 10.9. The Hall–Kier alpha value is -3.32. The van der Waals surface area contributed by atoms with Crippen molar-refractivity contribution in [2.45, 2.75) is 25.7 Å². The standard InChI is InChI=1S/C23H24N2O4S/c1-15-8-7-9-19(17(15)3)23(26)24-18-13-12-16(2)22(14-18)30(27,28)25-20-10-5-6-11-21(20)29-4/h5-14,25H,1-4H3,(H,24,26). The van der Waals surface area contributed by atoms with E-state index in [2.05, 4.69) is 10.0 Å². The second-order valence-corrected chi connectivity index (χ2v) is 8.64. The van der Waals surface area contributed by atoms with Crippen molar-refractivity contribution in [1.82, 2.24) is 0 Å². The molecule has 6 nitrogen and oxygen atoms in total. The van der Waals surface area contributed by atoms with Crippen LogP contribution in [0.3, 0.4) is 0 Å². The number of carbonyl (C=O) groups is 1. The summed E-state index contributed by atoms with van der Waals surface area (Å²) >= 11 is 0. The predicted octanol–water partition coefficient (Wildman–Crippen LogP) is 4.67. The number of anilines is 2. The van der Waals surface area contributed by atoms with Crippen molar-refractivity contribution in [1.29, 1.82) is 0 Å². The predicted molar refractivity (Wildman–Crippen MR) is 119 cm³/mol. The van der Waals surface area contributed by atoms with E-state index >= 15 is 0 Å². The van der Waals surface area contributed by atoms with Gasteiger partial charge in [0.05, 0.1) is 17.7 Å². The number of aryl methyl sites for hydroxylation is 2. The van der Waals surface area contributed by atoms with Crippen LogP contribution in [-0.2, 0) is 10.0 Å². The van der Waals surface area contributed by atoms with Gasteiger partial charge in [0.25, 0.3) is 15.9 Å². The molecule has 0 aliphatic heterocycles. The number of sulfonamides is 1. The van der Waals surface area contributed by atoms with Gasteiger partial charge in [-0.15, -0.1) is 0 Å². The van der Waals surface area contributed by atoms with Gasteiger partial charge in [-0.3, -0.25) is 9.52 Å². The number of para-hydroxylation sites is 2. The molecular weight excluding hydrogens is 400 g/mol. The molecule has 3 aromatic rings. The summed E-state index contributed by atoms with van der Waals surface area (Å²) in [6.07, 6.45) is 0. The third-order valence-corrected chi connectivity index (χ3v) is 6.44. The average molecular weight is 425 g/mol. The second-order valence-electron chi connectivity index (χ2n) is 6.99. The number of ether oxygens (including phenoxy) is 1. The largest absolute Gasteiger partial charge is 0.495 e. The van der Waals surface area contributed by atoms with Crippen LogP contribution in [0.1, 0.15) is 27.0 Å². The van der Waals surface area contributed by atoms with Crippen LogP contribution in [0.5, 0.6) is 5.75 Å². The molecule has 0 unspecified atom stereocenters. The molecule has 156 valence electrons. The minimum Gasteiger partial charge on any atom is -0.495 e.